The summed E-state index contributed by atoms with van der Waals surface area (Å²) in [4.78, 5) is 17.1. The number of ether oxygens (including phenoxy) is 2. The van der Waals surface area contributed by atoms with Gasteiger partial charge in [-0.15, -0.1) is 0 Å². The van der Waals surface area contributed by atoms with Crippen molar-refractivity contribution in [3.05, 3.63) is 65.5 Å². The van der Waals surface area contributed by atoms with Gasteiger partial charge >= 0.3 is 6.16 Å². The van der Waals surface area contributed by atoms with E-state index in [0.717, 1.165) is 55.5 Å². The number of aliphatic hydroxyl groups excluding tert-OH is 1. The number of aryl methyl sites for hydroxylation is 1. The van der Waals surface area contributed by atoms with Gasteiger partial charge in [0.2, 0.25) is 0 Å². The van der Waals surface area contributed by atoms with Crippen LogP contribution in [0.15, 0.2) is 48.5 Å². The van der Waals surface area contributed by atoms with E-state index in [9.17, 15) is 9.90 Å². The van der Waals surface area contributed by atoms with Crippen LogP contribution in [0, 0.1) is 0 Å². The van der Waals surface area contributed by atoms with Crippen molar-refractivity contribution in [3.8, 4) is 0 Å². The molecule has 0 saturated heterocycles. The number of para-hydroxylation sites is 2. The van der Waals surface area contributed by atoms with Crippen molar-refractivity contribution in [2.75, 3.05) is 6.61 Å². The summed E-state index contributed by atoms with van der Waals surface area (Å²) in [5.41, 5.74) is 3.93. The minimum absolute atomic E-state index is 0.155. The molecular weight excluding hydrogens is 428 g/mol. The molecule has 1 heterocycles. The first-order valence-corrected chi connectivity index (χ1v) is 12.4. The molecule has 1 N–H and O–H groups in total. The molecule has 0 aliphatic heterocycles. The smallest absolute Gasteiger partial charge is 0.430 e. The fraction of sp³-hybridized carbons (Fsp3) is 0.500. The number of aromatic nitrogens is 2. The molecule has 1 aliphatic rings. The monoisotopic (exact) mass is 464 g/mol. The maximum absolute atomic E-state index is 12.3. The average molecular weight is 465 g/mol. The number of nitrogens with zero attached hydrogens (tertiary/aromatic N) is 2. The molecule has 182 valence electrons. The van der Waals surface area contributed by atoms with Crippen LogP contribution in [-0.2, 0) is 22.4 Å². The van der Waals surface area contributed by atoms with E-state index >= 15 is 0 Å². The van der Waals surface area contributed by atoms with Crippen molar-refractivity contribution >= 4 is 17.2 Å². The Morgan fingerprint density at radius 3 is 2.56 bits per heavy atom. The molecule has 1 aliphatic carbocycles. The van der Waals surface area contributed by atoms with Crippen molar-refractivity contribution in [2.45, 2.75) is 83.5 Å². The van der Waals surface area contributed by atoms with Gasteiger partial charge in [0, 0.05) is 25.5 Å². The van der Waals surface area contributed by atoms with Gasteiger partial charge in [-0.2, -0.15) is 0 Å². The van der Waals surface area contributed by atoms with Gasteiger partial charge in [0.05, 0.1) is 11.0 Å². The highest BCUT2D eigenvalue weighted by Crippen LogP contribution is 2.36. The quantitative estimate of drug-likeness (QED) is 0.435. The van der Waals surface area contributed by atoms with Gasteiger partial charge in [-0.3, -0.25) is 0 Å². The van der Waals surface area contributed by atoms with Gasteiger partial charge in [0.15, 0.2) is 0 Å². The molecular formula is C28H36N2O4. The van der Waals surface area contributed by atoms with Crippen LogP contribution < -0.4 is 0 Å². The summed E-state index contributed by atoms with van der Waals surface area (Å²) >= 11 is 0. The van der Waals surface area contributed by atoms with Crippen LogP contribution in [-0.4, -0.2) is 39.1 Å². The molecule has 1 fully saturated rings. The maximum atomic E-state index is 12.3. The molecule has 6 nitrogen and oxygen atoms in total. The van der Waals surface area contributed by atoms with E-state index in [-0.39, 0.29) is 18.6 Å². The zero-order valence-corrected chi connectivity index (χ0v) is 20.5. The van der Waals surface area contributed by atoms with Gasteiger partial charge in [-0.25, -0.2) is 9.78 Å². The number of fused-ring (bicyclic) bond motifs is 1. The van der Waals surface area contributed by atoms with Crippen molar-refractivity contribution in [1.29, 1.82) is 0 Å². The topological polar surface area (TPSA) is 73.6 Å². The Labute approximate surface area is 201 Å². The maximum Gasteiger partial charge on any atom is 0.509 e. The molecule has 0 radical (unpaired) electrons. The van der Waals surface area contributed by atoms with Gasteiger partial charge in [0.1, 0.15) is 17.5 Å². The Bertz CT molecular complexity index is 1100. The van der Waals surface area contributed by atoms with Gasteiger partial charge in [0.25, 0.3) is 0 Å². The predicted molar refractivity (Wildman–Crippen MR) is 133 cm³/mol. The number of carbonyl (C=O) groups is 1. The van der Waals surface area contributed by atoms with E-state index in [1.807, 2.05) is 39.0 Å². The summed E-state index contributed by atoms with van der Waals surface area (Å²) in [5.74, 6) is 1.18. The fourth-order valence-corrected chi connectivity index (χ4v) is 4.80. The molecule has 0 amide bonds. The lowest BCUT2D eigenvalue weighted by Gasteiger charge is -2.32. The molecule has 6 heteroatoms. The second kappa shape index (κ2) is 10.6. The van der Waals surface area contributed by atoms with E-state index < -0.39 is 11.8 Å². The summed E-state index contributed by atoms with van der Waals surface area (Å²) in [6.45, 7) is 6.44. The predicted octanol–water partition coefficient (Wildman–Crippen LogP) is 5.99. The molecule has 34 heavy (non-hydrogen) atoms. The highest BCUT2D eigenvalue weighted by molar-refractivity contribution is 5.76. The van der Waals surface area contributed by atoms with Crippen LogP contribution in [0.2, 0.25) is 0 Å². The highest BCUT2D eigenvalue weighted by atomic mass is 16.7. The van der Waals surface area contributed by atoms with Gasteiger partial charge in [-0.05, 0) is 69.7 Å². The molecule has 1 saturated carbocycles. The Kier molecular flexibility index (Phi) is 7.57. The third-order valence-electron chi connectivity index (χ3n) is 6.38. The number of hydrogen-bond acceptors (Lipinski definition) is 5. The lowest BCUT2D eigenvalue weighted by molar-refractivity contribution is -0.0387. The lowest BCUT2D eigenvalue weighted by atomic mass is 9.81. The molecule has 0 spiro atoms. The number of carbonyl (C=O) groups excluding carboxylic acids is 1. The largest absolute Gasteiger partial charge is 0.509 e. The summed E-state index contributed by atoms with van der Waals surface area (Å²) in [6, 6.07) is 16.8. The van der Waals surface area contributed by atoms with Crippen molar-refractivity contribution < 1.29 is 19.4 Å². The molecule has 4 rings (SSSR count). The van der Waals surface area contributed by atoms with Gasteiger partial charge in [-0.1, -0.05) is 42.8 Å². The third-order valence-corrected chi connectivity index (χ3v) is 6.38. The highest BCUT2D eigenvalue weighted by Gasteiger charge is 2.31. The first-order chi connectivity index (χ1) is 16.3. The molecule has 1 aromatic heterocycles. The van der Waals surface area contributed by atoms with Crippen LogP contribution in [0.4, 0.5) is 4.79 Å². The summed E-state index contributed by atoms with van der Waals surface area (Å²) in [5, 5.41) is 9.29. The van der Waals surface area contributed by atoms with Crippen molar-refractivity contribution in [3.63, 3.8) is 0 Å². The number of rotatable bonds is 7. The zero-order chi connectivity index (χ0) is 24.1. The minimum Gasteiger partial charge on any atom is -0.430 e. The normalized spacial score (nSPS) is 18.7. The van der Waals surface area contributed by atoms with E-state index in [2.05, 4.69) is 34.9 Å². The summed E-state index contributed by atoms with van der Waals surface area (Å²) in [6.07, 6.45) is 4.77. The first-order valence-electron chi connectivity index (χ1n) is 12.4. The van der Waals surface area contributed by atoms with E-state index in [0.29, 0.717) is 6.42 Å². The molecule has 2 atom stereocenters. The van der Waals surface area contributed by atoms with Crippen molar-refractivity contribution in [1.82, 2.24) is 9.55 Å². The lowest BCUT2D eigenvalue weighted by Crippen LogP contribution is -2.32. The van der Waals surface area contributed by atoms with E-state index in [1.54, 1.807) is 0 Å². The second-order valence-electron chi connectivity index (χ2n) is 10.2. The first kappa shape index (κ1) is 24.3. The van der Waals surface area contributed by atoms with Crippen LogP contribution >= 0.6 is 0 Å². The number of hydrogen-bond donors (Lipinski definition) is 1. The minimum atomic E-state index is -0.580. The third kappa shape index (κ3) is 5.98. The number of aliphatic hydroxyl groups is 1. The van der Waals surface area contributed by atoms with Crippen LogP contribution in [0.25, 0.3) is 11.0 Å². The standard InChI is InChI=1S/C28H36N2O4/c1-28(2,3)34-27(32)33-25-12-7-4-9-22(25)21-16-14-20(15-17-21)19-30-24-11-6-5-10-23(24)29-26(30)13-8-18-31/h5-6,10-11,14-17,22,25,31H,4,7-9,12-13,18-19H2,1-3H3/t22-,25-/m1/s1. The summed E-state index contributed by atoms with van der Waals surface area (Å²) < 4.78 is 13.4. The van der Waals surface area contributed by atoms with E-state index in [4.69, 9.17) is 14.5 Å². The Morgan fingerprint density at radius 2 is 1.82 bits per heavy atom. The zero-order valence-electron chi connectivity index (χ0n) is 20.5. The SMILES string of the molecule is CC(C)(C)OC(=O)O[C@@H]1CCCC[C@@H]1c1ccc(Cn2c(CCCO)nc3ccccc32)cc1. The fourth-order valence-electron chi connectivity index (χ4n) is 4.80. The van der Waals surface area contributed by atoms with Crippen molar-refractivity contribution in [2.24, 2.45) is 0 Å². The second-order valence-corrected chi connectivity index (χ2v) is 10.2. The number of imidazole rings is 1. The van der Waals surface area contributed by atoms with Crippen LogP contribution in [0.5, 0.6) is 0 Å². The molecule has 0 bridgehead atoms. The Balaban J connectivity index is 1.50. The average Bonchev–Trinajstić information content (AvgIpc) is 3.14. The Hall–Kier alpha value is -2.86. The van der Waals surface area contributed by atoms with E-state index in [1.165, 1.54) is 11.1 Å². The molecule has 2 aromatic carbocycles. The Morgan fingerprint density at radius 1 is 1.09 bits per heavy atom. The number of benzene rings is 2. The van der Waals surface area contributed by atoms with Crippen LogP contribution in [0.1, 0.15) is 75.7 Å². The summed E-state index contributed by atoms with van der Waals surface area (Å²) in [7, 11) is 0. The van der Waals surface area contributed by atoms with Crippen LogP contribution in [0.3, 0.4) is 0 Å². The molecule has 0 unspecified atom stereocenters. The molecule has 3 aromatic rings. The van der Waals surface area contributed by atoms with Gasteiger partial charge < -0.3 is 19.1 Å².